The van der Waals surface area contributed by atoms with Gasteiger partial charge >= 0.3 is 5.97 Å². The van der Waals surface area contributed by atoms with E-state index in [4.69, 9.17) is 4.74 Å². The molecule has 0 saturated carbocycles. The van der Waals surface area contributed by atoms with E-state index in [0.29, 0.717) is 38.2 Å². The van der Waals surface area contributed by atoms with E-state index in [2.05, 4.69) is 31.8 Å². The number of hydrogen-bond acceptors (Lipinski definition) is 3. The highest BCUT2D eigenvalue weighted by atomic mass is 16.5. The number of carbonyl (C=O) groups is 2. The molecule has 152 valence electrons. The van der Waals surface area contributed by atoms with Crippen LogP contribution in [0.3, 0.4) is 0 Å². The van der Waals surface area contributed by atoms with Crippen LogP contribution in [-0.4, -0.2) is 23.3 Å². The van der Waals surface area contributed by atoms with Gasteiger partial charge in [-0.3, -0.25) is 9.59 Å². The molecule has 28 heavy (non-hydrogen) atoms. The van der Waals surface area contributed by atoms with Crippen LogP contribution >= 0.6 is 0 Å². The van der Waals surface area contributed by atoms with E-state index in [-0.39, 0.29) is 11.8 Å². The van der Waals surface area contributed by atoms with Crippen molar-refractivity contribution >= 4 is 22.7 Å². The zero-order valence-electron chi connectivity index (χ0n) is 17.6. The van der Waals surface area contributed by atoms with Gasteiger partial charge in [0.2, 0.25) is 0 Å². The summed E-state index contributed by atoms with van der Waals surface area (Å²) in [6.45, 7) is 8.56. The summed E-state index contributed by atoms with van der Waals surface area (Å²) in [7, 11) is 0. The van der Waals surface area contributed by atoms with Crippen LogP contribution in [0.4, 0.5) is 0 Å². The lowest BCUT2D eigenvalue weighted by molar-refractivity contribution is -0.143. The van der Waals surface area contributed by atoms with Crippen LogP contribution in [0.25, 0.3) is 10.9 Å². The number of nitrogens with one attached hydrogen (secondary N) is 1. The molecule has 1 aromatic heterocycles. The summed E-state index contributed by atoms with van der Waals surface area (Å²) in [6, 6.07) is 7.94. The summed E-state index contributed by atoms with van der Waals surface area (Å²) in [6.07, 6.45) is 6.50. The van der Waals surface area contributed by atoms with Gasteiger partial charge < -0.3 is 9.72 Å². The number of aromatic amines is 1. The fourth-order valence-electron chi connectivity index (χ4n) is 3.52. The summed E-state index contributed by atoms with van der Waals surface area (Å²) < 4.78 is 5.00. The predicted octanol–water partition coefficient (Wildman–Crippen LogP) is 6.01. The minimum atomic E-state index is -0.181. The number of allylic oxidation sites excluding steroid dienone is 2. The largest absolute Gasteiger partial charge is 0.466 e. The molecule has 0 spiro atoms. The zero-order valence-corrected chi connectivity index (χ0v) is 17.6. The molecule has 2 rings (SSSR count). The van der Waals surface area contributed by atoms with Crippen molar-refractivity contribution < 1.29 is 14.3 Å². The van der Waals surface area contributed by atoms with Crippen LogP contribution in [-0.2, 0) is 16.0 Å². The van der Waals surface area contributed by atoms with E-state index >= 15 is 0 Å². The highest BCUT2D eigenvalue weighted by Crippen LogP contribution is 2.27. The summed E-state index contributed by atoms with van der Waals surface area (Å²) in [4.78, 5) is 28.1. The maximum absolute atomic E-state index is 13.1. The lowest BCUT2D eigenvalue weighted by Crippen LogP contribution is -2.09. The molecule has 0 saturated heterocycles. The minimum Gasteiger partial charge on any atom is -0.466 e. The molecule has 0 bridgehead atoms. The maximum Gasteiger partial charge on any atom is 0.305 e. The van der Waals surface area contributed by atoms with Gasteiger partial charge in [-0.15, -0.1) is 0 Å². The topological polar surface area (TPSA) is 59.2 Å². The maximum atomic E-state index is 13.1. The number of fused-ring (bicyclic) bond motifs is 1. The average molecular weight is 384 g/mol. The van der Waals surface area contributed by atoms with Gasteiger partial charge in [-0.25, -0.2) is 0 Å². The van der Waals surface area contributed by atoms with Crippen molar-refractivity contribution in [2.45, 2.75) is 66.2 Å². The molecular formula is C24H33NO3. The van der Waals surface area contributed by atoms with Crippen molar-refractivity contribution in [3.05, 3.63) is 47.2 Å². The van der Waals surface area contributed by atoms with E-state index in [1.807, 2.05) is 31.2 Å². The lowest BCUT2D eigenvalue weighted by atomic mass is 9.93. The Balaban J connectivity index is 2.11. The molecule has 2 aromatic rings. The van der Waals surface area contributed by atoms with E-state index in [9.17, 15) is 9.59 Å². The molecule has 1 aromatic carbocycles. The Bertz CT molecular complexity index is 827. The van der Waals surface area contributed by atoms with Crippen LogP contribution in [0.2, 0.25) is 0 Å². The third kappa shape index (κ3) is 6.36. The second-order valence-corrected chi connectivity index (χ2v) is 7.77. The number of ketones is 1. The molecule has 4 nitrogen and oxygen atoms in total. The Morgan fingerprint density at radius 2 is 1.96 bits per heavy atom. The van der Waals surface area contributed by atoms with Crippen molar-refractivity contribution in [2.75, 3.05) is 6.61 Å². The summed E-state index contributed by atoms with van der Waals surface area (Å²) in [5.41, 5.74) is 4.04. The van der Waals surface area contributed by atoms with Crippen LogP contribution in [0.5, 0.6) is 0 Å². The van der Waals surface area contributed by atoms with Gasteiger partial charge in [0, 0.05) is 35.0 Å². The molecule has 0 aliphatic heterocycles. The Hall–Kier alpha value is -2.36. The van der Waals surface area contributed by atoms with Crippen molar-refractivity contribution in [3.8, 4) is 0 Å². The quantitative estimate of drug-likeness (QED) is 0.294. The van der Waals surface area contributed by atoms with Crippen LogP contribution in [0.15, 0.2) is 35.9 Å². The number of para-hydroxylation sites is 1. The van der Waals surface area contributed by atoms with E-state index < -0.39 is 0 Å². The first-order valence-corrected chi connectivity index (χ1v) is 10.3. The molecule has 0 fully saturated rings. The first kappa shape index (κ1) is 21.9. The number of Topliss-reactive ketones (excluding diaryl/α,β-unsaturated/α-hetero) is 1. The van der Waals surface area contributed by atoms with Gasteiger partial charge in [-0.1, -0.05) is 36.8 Å². The number of hydrogen-bond donors (Lipinski definition) is 1. The van der Waals surface area contributed by atoms with Crippen molar-refractivity contribution in [2.24, 2.45) is 5.92 Å². The Labute approximate surface area is 168 Å². The van der Waals surface area contributed by atoms with Crippen LogP contribution in [0, 0.1) is 5.92 Å². The van der Waals surface area contributed by atoms with Crippen molar-refractivity contribution in [3.63, 3.8) is 0 Å². The fourth-order valence-corrected chi connectivity index (χ4v) is 3.52. The normalized spacial score (nSPS) is 12.0. The second-order valence-electron chi connectivity index (χ2n) is 7.77. The van der Waals surface area contributed by atoms with E-state index in [0.717, 1.165) is 35.0 Å². The Morgan fingerprint density at radius 1 is 1.21 bits per heavy atom. The van der Waals surface area contributed by atoms with E-state index in [1.54, 1.807) is 0 Å². The summed E-state index contributed by atoms with van der Waals surface area (Å²) in [5, 5.41) is 0.982. The monoisotopic (exact) mass is 383 g/mol. The zero-order chi connectivity index (χ0) is 20.5. The van der Waals surface area contributed by atoms with Gasteiger partial charge in [0.05, 0.1) is 6.61 Å². The molecular weight excluding hydrogens is 350 g/mol. The molecule has 0 aliphatic carbocycles. The molecule has 0 aliphatic rings. The molecule has 0 amide bonds. The lowest BCUT2D eigenvalue weighted by Gasteiger charge is -2.10. The number of carbonyl (C=O) groups excluding carboxylic acids is 2. The number of ether oxygens (including phenoxy) is 1. The van der Waals surface area contributed by atoms with Crippen molar-refractivity contribution in [1.29, 1.82) is 0 Å². The smallest absolute Gasteiger partial charge is 0.305 e. The van der Waals surface area contributed by atoms with Crippen LogP contribution in [0.1, 0.15) is 75.9 Å². The van der Waals surface area contributed by atoms with Gasteiger partial charge in [0.15, 0.2) is 5.78 Å². The molecule has 1 N–H and O–H groups in total. The van der Waals surface area contributed by atoms with Gasteiger partial charge in [-0.05, 0) is 58.4 Å². The minimum absolute atomic E-state index is 0.181. The van der Waals surface area contributed by atoms with Gasteiger partial charge in [0.25, 0.3) is 0 Å². The average Bonchev–Trinajstić information content (AvgIpc) is 2.99. The van der Waals surface area contributed by atoms with Crippen molar-refractivity contribution in [1.82, 2.24) is 4.98 Å². The van der Waals surface area contributed by atoms with Gasteiger partial charge in [-0.2, -0.15) is 0 Å². The third-order valence-electron chi connectivity index (χ3n) is 4.92. The molecule has 1 unspecified atom stereocenters. The number of aromatic nitrogens is 1. The number of H-pyrrole nitrogens is 1. The summed E-state index contributed by atoms with van der Waals surface area (Å²) in [5.74, 6) is 0.344. The number of benzene rings is 1. The highest BCUT2D eigenvalue weighted by Gasteiger charge is 2.20. The Morgan fingerprint density at radius 3 is 2.68 bits per heavy atom. The standard InChI is InChI=1S/C24H33NO3/c1-5-28-23(27)15-9-14-21-24(19-12-6-7-13-20(19)25-21)22(26)16-18(4)11-8-10-17(2)3/h6-7,10,12-13,18,25H,5,8-9,11,14-16H2,1-4H3. The highest BCUT2D eigenvalue weighted by molar-refractivity contribution is 6.09. The third-order valence-corrected chi connectivity index (χ3v) is 4.92. The Kier molecular flexibility index (Phi) is 8.49. The first-order chi connectivity index (χ1) is 13.4. The predicted molar refractivity (Wildman–Crippen MR) is 115 cm³/mol. The molecule has 0 radical (unpaired) electrons. The second kappa shape index (κ2) is 10.8. The fraction of sp³-hybridized carbons (Fsp3) is 0.500. The molecule has 4 heteroatoms. The molecule has 1 atom stereocenters. The number of esters is 1. The van der Waals surface area contributed by atoms with Gasteiger partial charge in [0.1, 0.15) is 0 Å². The number of aryl methyl sites for hydroxylation is 1. The van der Waals surface area contributed by atoms with Crippen LogP contribution < -0.4 is 0 Å². The first-order valence-electron chi connectivity index (χ1n) is 10.3. The van der Waals surface area contributed by atoms with E-state index in [1.165, 1.54) is 5.57 Å². The molecule has 1 heterocycles. The number of rotatable bonds is 11. The summed E-state index contributed by atoms with van der Waals surface area (Å²) >= 11 is 0. The SMILES string of the molecule is CCOC(=O)CCCc1[nH]c2ccccc2c1C(=O)CC(C)CCC=C(C)C.